The molecule has 0 atom stereocenters. The molecule has 2 aromatic rings. The summed E-state index contributed by atoms with van der Waals surface area (Å²) >= 11 is 7.05. The van der Waals surface area contributed by atoms with Crippen LogP contribution < -0.4 is 5.32 Å². The van der Waals surface area contributed by atoms with Crippen LogP contribution in [0.25, 0.3) is 0 Å². The van der Waals surface area contributed by atoms with Gasteiger partial charge in [-0.15, -0.1) is 0 Å². The van der Waals surface area contributed by atoms with E-state index in [1.54, 1.807) is 0 Å². The Morgan fingerprint density at radius 3 is 2.14 bits per heavy atom. The predicted molar refractivity (Wildman–Crippen MR) is 101 cm³/mol. The van der Waals surface area contributed by atoms with Gasteiger partial charge in [0, 0.05) is 21.2 Å². The van der Waals surface area contributed by atoms with E-state index in [4.69, 9.17) is 0 Å². The molecule has 0 heterocycles. The van der Waals surface area contributed by atoms with Gasteiger partial charge in [-0.2, -0.15) is 0 Å². The van der Waals surface area contributed by atoms with Gasteiger partial charge in [-0.1, -0.05) is 75.4 Å². The van der Waals surface area contributed by atoms with Crippen molar-refractivity contribution in [2.24, 2.45) is 0 Å². The maximum Gasteiger partial charge on any atom is 0.0400 e. The van der Waals surface area contributed by atoms with Crippen molar-refractivity contribution in [3.8, 4) is 0 Å². The Bertz CT molecular complexity index is 596. The molecule has 0 saturated heterocycles. The van der Waals surface area contributed by atoms with Crippen LogP contribution in [0.1, 0.15) is 49.1 Å². The van der Waals surface area contributed by atoms with Crippen LogP contribution in [0.5, 0.6) is 0 Å². The molecular weight excluding hydrogens is 402 g/mol. The fourth-order valence-corrected chi connectivity index (χ4v) is 4.50. The summed E-state index contributed by atoms with van der Waals surface area (Å²) in [5, 5.41) is 3.48. The SMILES string of the molecule is Brc1cc(Br)cc(NCc2ccc(C3CCCCC3)cc2)c1. The smallest absolute Gasteiger partial charge is 0.0400 e. The zero-order valence-electron chi connectivity index (χ0n) is 12.6. The summed E-state index contributed by atoms with van der Waals surface area (Å²) in [4.78, 5) is 0. The highest BCUT2D eigenvalue weighted by Crippen LogP contribution is 2.32. The summed E-state index contributed by atoms with van der Waals surface area (Å²) in [7, 11) is 0. The minimum absolute atomic E-state index is 0.789. The second kappa shape index (κ2) is 7.65. The van der Waals surface area contributed by atoms with E-state index >= 15 is 0 Å². The first-order valence-electron chi connectivity index (χ1n) is 7.99. The molecule has 0 radical (unpaired) electrons. The summed E-state index contributed by atoms with van der Waals surface area (Å²) in [6, 6.07) is 15.4. The van der Waals surface area contributed by atoms with Crippen LogP contribution >= 0.6 is 31.9 Å². The molecule has 0 aromatic heterocycles. The van der Waals surface area contributed by atoms with Gasteiger partial charge in [0.25, 0.3) is 0 Å². The van der Waals surface area contributed by atoms with Gasteiger partial charge in [-0.25, -0.2) is 0 Å². The van der Waals surface area contributed by atoms with E-state index in [0.717, 1.165) is 27.1 Å². The van der Waals surface area contributed by atoms with Crippen LogP contribution in [0.4, 0.5) is 5.69 Å². The molecule has 0 amide bonds. The van der Waals surface area contributed by atoms with Gasteiger partial charge in [0.1, 0.15) is 0 Å². The molecule has 1 aliphatic carbocycles. The maximum atomic E-state index is 3.52. The fourth-order valence-electron chi connectivity index (χ4n) is 3.20. The van der Waals surface area contributed by atoms with Crippen LogP contribution in [0.2, 0.25) is 0 Å². The average Bonchev–Trinajstić information content (AvgIpc) is 2.53. The fraction of sp³-hybridized carbons (Fsp3) is 0.368. The van der Waals surface area contributed by atoms with Crippen molar-refractivity contribution >= 4 is 37.5 Å². The van der Waals surface area contributed by atoms with Gasteiger partial charge in [-0.3, -0.25) is 0 Å². The van der Waals surface area contributed by atoms with Crippen LogP contribution in [-0.4, -0.2) is 0 Å². The molecule has 116 valence electrons. The molecular formula is C19H21Br2N. The van der Waals surface area contributed by atoms with E-state index < -0.39 is 0 Å². The minimum atomic E-state index is 0.789. The van der Waals surface area contributed by atoms with Gasteiger partial charge >= 0.3 is 0 Å². The van der Waals surface area contributed by atoms with Crippen molar-refractivity contribution in [1.82, 2.24) is 0 Å². The number of benzene rings is 2. The lowest BCUT2D eigenvalue weighted by Crippen LogP contribution is -2.05. The Hall–Kier alpha value is -0.800. The molecule has 0 aliphatic heterocycles. The van der Waals surface area contributed by atoms with Gasteiger partial charge in [0.2, 0.25) is 0 Å². The van der Waals surface area contributed by atoms with Gasteiger partial charge in [0.05, 0.1) is 0 Å². The van der Waals surface area contributed by atoms with E-state index in [9.17, 15) is 0 Å². The average molecular weight is 423 g/mol. The Labute approximate surface area is 149 Å². The summed E-state index contributed by atoms with van der Waals surface area (Å²) in [6.45, 7) is 0.855. The molecule has 1 fully saturated rings. The first kappa shape index (κ1) is 16.1. The predicted octanol–water partition coefficient (Wildman–Crippen LogP) is 6.87. The standard InChI is InChI=1S/C19H21Br2N/c20-17-10-18(21)12-19(11-17)22-13-14-6-8-16(9-7-14)15-4-2-1-3-5-15/h6-12,15,22H,1-5,13H2. The van der Waals surface area contributed by atoms with E-state index in [1.165, 1.54) is 43.2 Å². The molecule has 1 N–H and O–H groups in total. The van der Waals surface area contributed by atoms with Crippen molar-refractivity contribution in [3.63, 3.8) is 0 Å². The monoisotopic (exact) mass is 421 g/mol. The topological polar surface area (TPSA) is 12.0 Å². The second-order valence-electron chi connectivity index (χ2n) is 6.09. The summed E-state index contributed by atoms with van der Waals surface area (Å²) in [5.74, 6) is 0.789. The molecule has 0 spiro atoms. The summed E-state index contributed by atoms with van der Waals surface area (Å²) in [6.07, 6.45) is 6.94. The highest BCUT2D eigenvalue weighted by Gasteiger charge is 2.14. The zero-order valence-corrected chi connectivity index (χ0v) is 15.8. The van der Waals surface area contributed by atoms with Crippen molar-refractivity contribution < 1.29 is 0 Å². The van der Waals surface area contributed by atoms with Crippen molar-refractivity contribution in [3.05, 3.63) is 62.5 Å². The second-order valence-corrected chi connectivity index (χ2v) is 7.92. The molecule has 3 heteroatoms. The lowest BCUT2D eigenvalue weighted by atomic mass is 9.84. The van der Waals surface area contributed by atoms with Crippen molar-refractivity contribution in [2.45, 2.75) is 44.6 Å². The third-order valence-corrected chi connectivity index (χ3v) is 5.33. The van der Waals surface area contributed by atoms with Crippen LogP contribution in [-0.2, 0) is 6.54 Å². The van der Waals surface area contributed by atoms with Gasteiger partial charge < -0.3 is 5.32 Å². The highest BCUT2D eigenvalue weighted by atomic mass is 79.9. The van der Waals surface area contributed by atoms with Crippen LogP contribution in [0, 0.1) is 0 Å². The maximum absolute atomic E-state index is 3.52. The number of nitrogens with one attached hydrogen (secondary N) is 1. The first-order valence-corrected chi connectivity index (χ1v) is 9.58. The van der Waals surface area contributed by atoms with E-state index in [-0.39, 0.29) is 0 Å². The molecule has 22 heavy (non-hydrogen) atoms. The Balaban J connectivity index is 1.61. The first-order chi connectivity index (χ1) is 10.7. The number of halogens is 2. The van der Waals surface area contributed by atoms with Crippen LogP contribution in [0.15, 0.2) is 51.4 Å². The van der Waals surface area contributed by atoms with Gasteiger partial charge in [0.15, 0.2) is 0 Å². The molecule has 0 unspecified atom stereocenters. The van der Waals surface area contributed by atoms with E-state index in [0.29, 0.717) is 0 Å². The number of hydrogen-bond acceptors (Lipinski definition) is 1. The lowest BCUT2D eigenvalue weighted by Gasteiger charge is -2.22. The third kappa shape index (κ3) is 4.36. The Morgan fingerprint density at radius 2 is 1.50 bits per heavy atom. The molecule has 1 saturated carbocycles. The summed E-state index contributed by atoms with van der Waals surface area (Å²) < 4.78 is 2.16. The highest BCUT2D eigenvalue weighted by molar-refractivity contribution is 9.11. The lowest BCUT2D eigenvalue weighted by molar-refractivity contribution is 0.443. The van der Waals surface area contributed by atoms with Crippen LogP contribution in [0.3, 0.4) is 0 Å². The van der Waals surface area contributed by atoms with Crippen molar-refractivity contribution in [2.75, 3.05) is 5.32 Å². The third-order valence-electron chi connectivity index (χ3n) is 4.42. The Morgan fingerprint density at radius 1 is 0.864 bits per heavy atom. The molecule has 1 aliphatic rings. The molecule has 3 rings (SSSR count). The van der Waals surface area contributed by atoms with Gasteiger partial charge in [-0.05, 0) is 48.1 Å². The number of anilines is 1. The van der Waals surface area contributed by atoms with E-state index in [2.05, 4.69) is 73.6 Å². The number of hydrogen-bond donors (Lipinski definition) is 1. The number of rotatable bonds is 4. The summed E-state index contributed by atoms with van der Waals surface area (Å²) in [5.41, 5.74) is 3.97. The normalized spacial score (nSPS) is 15.7. The molecule has 2 aromatic carbocycles. The largest absolute Gasteiger partial charge is 0.381 e. The van der Waals surface area contributed by atoms with E-state index in [1.807, 2.05) is 6.07 Å². The molecule has 1 nitrogen and oxygen atoms in total. The Kier molecular flexibility index (Phi) is 5.59. The molecule has 0 bridgehead atoms. The quantitative estimate of drug-likeness (QED) is 0.566. The minimum Gasteiger partial charge on any atom is -0.381 e. The van der Waals surface area contributed by atoms with Crippen molar-refractivity contribution in [1.29, 1.82) is 0 Å². The zero-order chi connectivity index (χ0) is 15.4.